The molecule has 176 valence electrons. The first-order chi connectivity index (χ1) is 15.3. The van der Waals surface area contributed by atoms with Crippen LogP contribution in [0.5, 0.6) is 0 Å². The van der Waals surface area contributed by atoms with Gasteiger partial charge in [0, 0.05) is 24.8 Å². The van der Waals surface area contributed by atoms with Crippen molar-refractivity contribution in [2.45, 2.75) is 35.1 Å². The van der Waals surface area contributed by atoms with E-state index in [1.165, 1.54) is 6.07 Å². The first-order valence-corrected chi connectivity index (χ1v) is 13.6. The summed E-state index contributed by atoms with van der Waals surface area (Å²) < 4.78 is 54.3. The molecule has 0 aromatic heterocycles. The van der Waals surface area contributed by atoms with Crippen LogP contribution in [-0.2, 0) is 20.0 Å². The first kappa shape index (κ1) is 23.2. The molecule has 0 radical (unpaired) electrons. The number of azo groups is 1. The molecule has 3 aliphatic heterocycles. The number of hydrogen-bond acceptors (Lipinski definition) is 10. The van der Waals surface area contributed by atoms with Gasteiger partial charge in [-0.05, 0) is 56.9 Å². The lowest BCUT2D eigenvalue weighted by molar-refractivity contribution is 0.390. The zero-order valence-electron chi connectivity index (χ0n) is 17.5. The highest BCUT2D eigenvalue weighted by Gasteiger charge is 2.34. The average molecular weight is 485 g/mol. The van der Waals surface area contributed by atoms with Crippen LogP contribution in [0, 0.1) is 5.92 Å². The van der Waals surface area contributed by atoms with E-state index in [1.54, 1.807) is 6.07 Å². The van der Waals surface area contributed by atoms with Gasteiger partial charge in [0.15, 0.2) is 12.5 Å². The van der Waals surface area contributed by atoms with Crippen molar-refractivity contribution in [1.82, 2.24) is 15.4 Å². The number of rotatable bonds is 8. The molecule has 0 unspecified atom stereocenters. The third-order valence-electron chi connectivity index (χ3n) is 5.79. The normalized spacial score (nSPS) is 22.3. The lowest BCUT2D eigenvalue weighted by atomic mass is 9.98. The Labute approximate surface area is 187 Å². The molecule has 3 heterocycles. The first-order valence-electron chi connectivity index (χ1n) is 10.6. The minimum atomic E-state index is -4.45. The maximum Gasteiger partial charge on any atom is 0.242 e. The molecule has 0 amide bonds. The van der Waals surface area contributed by atoms with Crippen LogP contribution in [0.15, 0.2) is 37.1 Å². The summed E-state index contributed by atoms with van der Waals surface area (Å²) in [5.74, 6) is 0.440. The summed E-state index contributed by atoms with van der Waals surface area (Å²) in [5.41, 5.74) is 0.448. The number of primary sulfonamides is 1. The van der Waals surface area contributed by atoms with E-state index in [0.717, 1.165) is 25.9 Å². The number of anilines is 1. The molecule has 1 aromatic carbocycles. The van der Waals surface area contributed by atoms with Crippen LogP contribution in [-0.4, -0.2) is 68.1 Å². The molecule has 12 nitrogen and oxygen atoms in total. The van der Waals surface area contributed by atoms with Crippen LogP contribution in [0.1, 0.15) is 24.8 Å². The predicted molar refractivity (Wildman–Crippen MR) is 120 cm³/mol. The Morgan fingerprint density at radius 2 is 1.81 bits per heavy atom. The fourth-order valence-corrected chi connectivity index (χ4v) is 7.04. The lowest BCUT2D eigenvalue weighted by Gasteiger charge is -2.24. The van der Waals surface area contributed by atoms with Crippen molar-refractivity contribution in [1.29, 1.82) is 0 Å². The van der Waals surface area contributed by atoms with Crippen LogP contribution in [0.25, 0.3) is 0 Å². The molecule has 6 N–H and O–H groups in total. The molecule has 14 heteroatoms. The van der Waals surface area contributed by atoms with Gasteiger partial charge in [-0.15, -0.1) is 5.11 Å². The van der Waals surface area contributed by atoms with Crippen molar-refractivity contribution in [2.75, 3.05) is 44.7 Å². The second-order valence-electron chi connectivity index (χ2n) is 8.11. The zero-order chi connectivity index (χ0) is 22.8. The number of piperidine rings is 1. The fourth-order valence-electron chi connectivity index (χ4n) is 4.16. The van der Waals surface area contributed by atoms with Crippen LogP contribution in [0.4, 0.5) is 5.69 Å². The van der Waals surface area contributed by atoms with Crippen LogP contribution in [0.2, 0.25) is 0 Å². The van der Waals surface area contributed by atoms with Gasteiger partial charge in [-0.25, -0.2) is 31.7 Å². The van der Waals surface area contributed by atoms with Crippen LogP contribution in [0.3, 0.4) is 0 Å². The third kappa shape index (κ3) is 5.15. The molecular weight excluding hydrogens is 456 g/mol. The maximum absolute atomic E-state index is 13.2. The van der Waals surface area contributed by atoms with Gasteiger partial charge in [-0.3, -0.25) is 0 Å². The number of benzene rings is 1. The number of sulfonamides is 2. The summed E-state index contributed by atoms with van der Waals surface area (Å²) in [4.78, 5) is 3.21. The maximum atomic E-state index is 13.2. The Hall–Kier alpha value is -1.97. The largest absolute Gasteiger partial charge is 0.384 e. The van der Waals surface area contributed by atoms with Gasteiger partial charge >= 0.3 is 0 Å². The third-order valence-corrected chi connectivity index (χ3v) is 8.48. The average Bonchev–Trinajstić information content (AvgIpc) is 3.45. The smallest absolute Gasteiger partial charge is 0.242 e. The van der Waals surface area contributed by atoms with E-state index >= 15 is 0 Å². The van der Waals surface area contributed by atoms with Crippen molar-refractivity contribution in [3.63, 3.8) is 0 Å². The number of hydrogen-bond donors (Lipinski definition) is 5. The molecule has 4 rings (SSSR count). The van der Waals surface area contributed by atoms with E-state index in [4.69, 9.17) is 5.14 Å². The summed E-state index contributed by atoms with van der Waals surface area (Å²) in [6.07, 6.45) is 2.57. The summed E-state index contributed by atoms with van der Waals surface area (Å²) in [6.45, 7) is 3.62. The summed E-state index contributed by atoms with van der Waals surface area (Å²) in [7, 11) is -8.63. The Balaban J connectivity index is 1.77. The molecule has 0 spiro atoms. The monoisotopic (exact) mass is 484 g/mol. The van der Waals surface area contributed by atoms with Crippen LogP contribution >= 0.6 is 0 Å². The molecule has 0 saturated carbocycles. The fraction of sp³-hybridized carbons (Fsp3) is 0.611. The van der Waals surface area contributed by atoms with E-state index in [2.05, 4.69) is 35.9 Å². The van der Waals surface area contributed by atoms with Gasteiger partial charge < -0.3 is 16.0 Å². The highest BCUT2D eigenvalue weighted by Crippen LogP contribution is 2.33. The Morgan fingerprint density at radius 3 is 2.44 bits per heavy atom. The van der Waals surface area contributed by atoms with Crippen molar-refractivity contribution >= 4 is 31.6 Å². The minimum absolute atomic E-state index is 0.0371. The quantitative estimate of drug-likeness (QED) is 0.331. The number of nitrogens with zero attached hydrogens (tertiary/aromatic N) is 3. The standard InChI is InChI=1S/C18H28N8O4S2/c19-31(27,28)17-15(32(29,30)26-13-5-8-21-10-13)2-1-14(16(17)18-23-11-24-25-18)22-9-12-3-6-20-7-4-12/h1-2,12-13,20-22,26H,3-11H2,(H2,19,27,28)/t13-/m1/s1. The molecule has 3 aliphatic rings. The number of aliphatic imine (C=N–C) groups is 1. The minimum Gasteiger partial charge on any atom is -0.384 e. The lowest BCUT2D eigenvalue weighted by Crippen LogP contribution is -2.37. The molecule has 0 bridgehead atoms. The number of amidine groups is 1. The van der Waals surface area contributed by atoms with E-state index in [-0.39, 0.29) is 24.1 Å². The second-order valence-corrected chi connectivity index (χ2v) is 11.3. The second kappa shape index (κ2) is 9.49. The van der Waals surface area contributed by atoms with Gasteiger partial charge in [-0.2, -0.15) is 5.11 Å². The zero-order valence-corrected chi connectivity index (χ0v) is 19.2. The molecule has 1 aromatic rings. The van der Waals surface area contributed by atoms with Gasteiger partial charge in [0.05, 0.1) is 5.56 Å². The Bertz CT molecular complexity index is 1120. The van der Waals surface area contributed by atoms with E-state index in [0.29, 0.717) is 37.7 Å². The number of nitrogens with two attached hydrogens (primary N) is 1. The van der Waals surface area contributed by atoms with E-state index in [9.17, 15) is 16.8 Å². The Morgan fingerprint density at radius 1 is 1.06 bits per heavy atom. The van der Waals surface area contributed by atoms with Crippen molar-refractivity contribution in [3.05, 3.63) is 17.7 Å². The van der Waals surface area contributed by atoms with E-state index in [1.807, 2.05) is 0 Å². The number of nitrogens with one attached hydrogen (secondary N) is 4. The molecule has 1 atom stereocenters. The summed E-state index contributed by atoms with van der Waals surface area (Å²) in [6, 6.07) is 2.48. The molecule has 32 heavy (non-hydrogen) atoms. The molecule has 2 fully saturated rings. The van der Waals surface area contributed by atoms with Crippen molar-refractivity contribution in [2.24, 2.45) is 26.3 Å². The molecular formula is C18H28N8O4S2. The van der Waals surface area contributed by atoms with Gasteiger partial charge in [0.2, 0.25) is 20.0 Å². The van der Waals surface area contributed by atoms with Crippen molar-refractivity contribution in [3.8, 4) is 0 Å². The van der Waals surface area contributed by atoms with Gasteiger partial charge in [0.25, 0.3) is 0 Å². The highest BCUT2D eigenvalue weighted by molar-refractivity contribution is 7.92. The summed E-state index contributed by atoms with van der Waals surface area (Å²) >= 11 is 0. The van der Waals surface area contributed by atoms with Gasteiger partial charge in [0.1, 0.15) is 9.79 Å². The molecule has 2 saturated heterocycles. The van der Waals surface area contributed by atoms with Gasteiger partial charge in [-0.1, -0.05) is 0 Å². The highest BCUT2D eigenvalue weighted by atomic mass is 32.2. The SMILES string of the molecule is NS(=O)(=O)c1c(S(=O)(=O)N[C@@H]2CCNC2)ccc(NCC2CCNCC2)c1C1=NCN=N1. The molecule has 0 aliphatic carbocycles. The van der Waals surface area contributed by atoms with E-state index < -0.39 is 29.8 Å². The predicted octanol–water partition coefficient (Wildman–Crippen LogP) is -0.444. The Kier molecular flexibility index (Phi) is 6.88. The topological polar surface area (TPSA) is 180 Å². The van der Waals surface area contributed by atoms with Crippen LogP contribution < -0.4 is 25.8 Å². The summed E-state index contributed by atoms with van der Waals surface area (Å²) in [5, 5.41) is 22.9. The van der Waals surface area contributed by atoms with Crippen molar-refractivity contribution < 1.29 is 16.8 Å².